The number of hydrogen-bond donors (Lipinski definition) is 1. The number of carbonyl (C=O) groups is 2. The number of rotatable bonds is 5. The number of thiazole rings is 1. The molecule has 1 aromatic carbocycles. The van der Waals surface area contributed by atoms with Gasteiger partial charge in [-0.15, -0.1) is 11.3 Å². The van der Waals surface area contributed by atoms with E-state index in [1.807, 2.05) is 30.5 Å². The third kappa shape index (κ3) is 3.95. The molecule has 1 unspecified atom stereocenters. The second-order valence-corrected chi connectivity index (χ2v) is 8.12. The number of nitrogens with zero attached hydrogens (tertiary/aromatic N) is 2. The SMILES string of the molecule is Cc1nc(-c2ccc(CNC(=O)C3CC(=O)N(c4cccc(Cl)c4)C3)o2)cs1. The zero-order valence-corrected chi connectivity index (χ0v) is 16.7. The van der Waals surface area contributed by atoms with Gasteiger partial charge in [-0.1, -0.05) is 17.7 Å². The third-order valence-electron chi connectivity index (χ3n) is 4.59. The van der Waals surface area contributed by atoms with Crippen LogP contribution < -0.4 is 10.2 Å². The van der Waals surface area contributed by atoms with E-state index in [9.17, 15) is 9.59 Å². The van der Waals surface area contributed by atoms with Crippen molar-refractivity contribution in [2.24, 2.45) is 5.92 Å². The van der Waals surface area contributed by atoms with Gasteiger partial charge in [-0.3, -0.25) is 9.59 Å². The molecule has 0 spiro atoms. The Hall–Kier alpha value is -2.64. The highest BCUT2D eigenvalue weighted by molar-refractivity contribution is 7.09. The minimum absolute atomic E-state index is 0.0818. The van der Waals surface area contributed by atoms with Crippen molar-refractivity contribution in [3.8, 4) is 11.5 Å². The standard InChI is InChI=1S/C20H18ClN3O3S/c1-12-23-17(11-28-12)18-6-5-16(27-18)9-22-20(26)13-7-19(25)24(10-13)15-4-2-3-14(21)8-15/h2-6,8,11,13H,7,9-10H2,1H3,(H,22,26). The fraction of sp³-hybridized carbons (Fsp3) is 0.250. The Balaban J connectivity index is 1.36. The van der Waals surface area contributed by atoms with Crippen LogP contribution in [0.1, 0.15) is 17.2 Å². The number of aryl methyl sites for hydroxylation is 1. The van der Waals surface area contributed by atoms with Crippen molar-refractivity contribution in [2.45, 2.75) is 19.9 Å². The van der Waals surface area contributed by atoms with Gasteiger partial charge in [0.15, 0.2) is 5.76 Å². The lowest BCUT2D eigenvalue weighted by atomic mass is 10.1. The predicted octanol–water partition coefficient (Wildman–Crippen LogP) is 4.03. The number of furan rings is 1. The van der Waals surface area contributed by atoms with E-state index in [1.54, 1.807) is 34.4 Å². The van der Waals surface area contributed by atoms with Crippen LogP contribution in [0, 0.1) is 12.8 Å². The van der Waals surface area contributed by atoms with E-state index in [2.05, 4.69) is 10.3 Å². The molecular weight excluding hydrogens is 398 g/mol. The minimum atomic E-state index is -0.401. The van der Waals surface area contributed by atoms with E-state index in [1.165, 1.54) is 0 Å². The van der Waals surface area contributed by atoms with E-state index in [0.29, 0.717) is 28.8 Å². The molecule has 28 heavy (non-hydrogen) atoms. The summed E-state index contributed by atoms with van der Waals surface area (Å²) in [5.41, 5.74) is 1.50. The van der Waals surface area contributed by atoms with Crippen LogP contribution in [0.2, 0.25) is 5.02 Å². The number of aromatic nitrogens is 1. The van der Waals surface area contributed by atoms with E-state index >= 15 is 0 Å². The van der Waals surface area contributed by atoms with Crippen molar-refractivity contribution in [1.82, 2.24) is 10.3 Å². The number of amides is 2. The van der Waals surface area contributed by atoms with Crippen LogP contribution in [-0.2, 0) is 16.1 Å². The molecule has 144 valence electrons. The molecule has 0 saturated carbocycles. The quantitative estimate of drug-likeness (QED) is 0.682. The Morgan fingerprint density at radius 3 is 3.00 bits per heavy atom. The molecule has 3 heterocycles. The number of hydrogen-bond acceptors (Lipinski definition) is 5. The Morgan fingerprint density at radius 1 is 1.39 bits per heavy atom. The lowest BCUT2D eigenvalue weighted by molar-refractivity contribution is -0.126. The number of benzene rings is 1. The average Bonchev–Trinajstić information content (AvgIpc) is 3.39. The van der Waals surface area contributed by atoms with Gasteiger partial charge in [-0.2, -0.15) is 0 Å². The molecular formula is C20H18ClN3O3S. The molecule has 1 saturated heterocycles. The van der Waals surface area contributed by atoms with Crippen LogP contribution in [-0.4, -0.2) is 23.3 Å². The van der Waals surface area contributed by atoms with Crippen LogP contribution in [0.3, 0.4) is 0 Å². The molecule has 2 amide bonds. The number of anilines is 1. The normalized spacial score (nSPS) is 16.6. The first-order valence-electron chi connectivity index (χ1n) is 8.84. The molecule has 2 aromatic heterocycles. The first-order valence-corrected chi connectivity index (χ1v) is 10.1. The number of halogens is 1. The summed E-state index contributed by atoms with van der Waals surface area (Å²) in [6.07, 6.45) is 0.180. The molecule has 1 N–H and O–H groups in total. The largest absolute Gasteiger partial charge is 0.458 e. The second-order valence-electron chi connectivity index (χ2n) is 6.62. The molecule has 3 aromatic rings. The summed E-state index contributed by atoms with van der Waals surface area (Å²) in [4.78, 5) is 30.8. The van der Waals surface area contributed by atoms with Gasteiger partial charge in [0.25, 0.3) is 0 Å². The van der Waals surface area contributed by atoms with Gasteiger partial charge in [0, 0.05) is 29.1 Å². The first-order chi connectivity index (χ1) is 13.5. The van der Waals surface area contributed by atoms with Crippen molar-refractivity contribution >= 4 is 40.4 Å². The van der Waals surface area contributed by atoms with Gasteiger partial charge in [0.2, 0.25) is 11.8 Å². The zero-order chi connectivity index (χ0) is 19.7. The fourth-order valence-electron chi connectivity index (χ4n) is 3.18. The summed E-state index contributed by atoms with van der Waals surface area (Å²) >= 11 is 7.56. The molecule has 1 aliphatic rings. The monoisotopic (exact) mass is 415 g/mol. The summed E-state index contributed by atoms with van der Waals surface area (Å²) in [6, 6.07) is 10.7. The maximum absolute atomic E-state index is 12.5. The summed E-state index contributed by atoms with van der Waals surface area (Å²) in [6.45, 7) is 2.55. The Labute approximate surface area is 171 Å². The molecule has 0 radical (unpaired) electrons. The van der Waals surface area contributed by atoms with Gasteiger partial charge < -0.3 is 14.6 Å². The van der Waals surface area contributed by atoms with E-state index in [0.717, 1.165) is 10.7 Å². The highest BCUT2D eigenvalue weighted by Crippen LogP contribution is 2.27. The summed E-state index contributed by atoms with van der Waals surface area (Å²) < 4.78 is 5.76. The number of carbonyl (C=O) groups excluding carboxylic acids is 2. The van der Waals surface area contributed by atoms with Gasteiger partial charge >= 0.3 is 0 Å². The molecule has 1 atom stereocenters. The van der Waals surface area contributed by atoms with Crippen LogP contribution >= 0.6 is 22.9 Å². The third-order valence-corrected chi connectivity index (χ3v) is 5.59. The van der Waals surface area contributed by atoms with Gasteiger partial charge in [-0.25, -0.2) is 4.98 Å². The predicted molar refractivity (Wildman–Crippen MR) is 108 cm³/mol. The Kier molecular flexibility index (Phi) is 5.19. The molecule has 0 bridgehead atoms. The van der Waals surface area contributed by atoms with E-state index in [4.69, 9.17) is 16.0 Å². The van der Waals surface area contributed by atoms with E-state index in [-0.39, 0.29) is 24.8 Å². The van der Waals surface area contributed by atoms with Crippen LogP contribution in [0.5, 0.6) is 0 Å². The van der Waals surface area contributed by atoms with Crippen molar-refractivity contribution in [1.29, 1.82) is 0 Å². The lowest BCUT2D eigenvalue weighted by Crippen LogP contribution is -2.32. The van der Waals surface area contributed by atoms with Gasteiger partial charge in [-0.05, 0) is 37.3 Å². The maximum atomic E-state index is 12.5. The minimum Gasteiger partial charge on any atom is -0.458 e. The Bertz CT molecular complexity index is 1030. The van der Waals surface area contributed by atoms with Gasteiger partial charge in [0.1, 0.15) is 11.5 Å². The van der Waals surface area contributed by atoms with Crippen molar-refractivity contribution in [2.75, 3.05) is 11.4 Å². The summed E-state index contributed by atoms with van der Waals surface area (Å²) in [5.74, 6) is 0.672. The van der Waals surface area contributed by atoms with Crippen LogP contribution in [0.25, 0.3) is 11.5 Å². The van der Waals surface area contributed by atoms with Crippen LogP contribution in [0.15, 0.2) is 46.2 Å². The highest BCUT2D eigenvalue weighted by atomic mass is 35.5. The smallest absolute Gasteiger partial charge is 0.227 e. The second kappa shape index (κ2) is 7.77. The molecule has 6 nitrogen and oxygen atoms in total. The van der Waals surface area contributed by atoms with Crippen molar-refractivity contribution in [3.05, 3.63) is 57.6 Å². The summed E-state index contributed by atoms with van der Waals surface area (Å²) in [5, 5.41) is 6.32. The molecule has 0 aliphatic carbocycles. The molecule has 1 aliphatic heterocycles. The topological polar surface area (TPSA) is 75.4 Å². The summed E-state index contributed by atoms with van der Waals surface area (Å²) in [7, 11) is 0. The maximum Gasteiger partial charge on any atom is 0.227 e. The fourth-order valence-corrected chi connectivity index (χ4v) is 3.97. The van der Waals surface area contributed by atoms with Crippen LogP contribution in [0.4, 0.5) is 5.69 Å². The lowest BCUT2D eigenvalue weighted by Gasteiger charge is -2.16. The van der Waals surface area contributed by atoms with Gasteiger partial charge in [0.05, 0.1) is 17.5 Å². The first kappa shape index (κ1) is 18.7. The van der Waals surface area contributed by atoms with E-state index < -0.39 is 5.92 Å². The highest BCUT2D eigenvalue weighted by Gasteiger charge is 2.35. The molecule has 1 fully saturated rings. The Morgan fingerprint density at radius 2 is 2.25 bits per heavy atom. The number of nitrogens with one attached hydrogen (secondary N) is 1. The molecule has 8 heteroatoms. The molecule has 4 rings (SSSR count). The van der Waals surface area contributed by atoms with Crippen molar-refractivity contribution < 1.29 is 14.0 Å². The van der Waals surface area contributed by atoms with Crippen molar-refractivity contribution in [3.63, 3.8) is 0 Å². The zero-order valence-electron chi connectivity index (χ0n) is 15.1. The average molecular weight is 416 g/mol.